The quantitative estimate of drug-likeness (QED) is 0.657. The lowest BCUT2D eigenvalue weighted by Crippen LogP contribution is -2.39. The van der Waals surface area contributed by atoms with Crippen LogP contribution < -0.4 is 10.6 Å². The van der Waals surface area contributed by atoms with Crippen molar-refractivity contribution in [2.45, 2.75) is 13.0 Å². The molecule has 0 saturated carbocycles. The average molecular weight is 393 g/mol. The van der Waals surface area contributed by atoms with Crippen LogP contribution >= 0.6 is 11.6 Å². The highest BCUT2D eigenvalue weighted by atomic mass is 35.5. The molecule has 0 aliphatic carbocycles. The molecule has 0 bridgehead atoms. The number of amides is 2. The molecule has 28 heavy (non-hydrogen) atoms. The van der Waals surface area contributed by atoms with E-state index in [1.165, 1.54) is 0 Å². The molecule has 0 radical (unpaired) electrons. The lowest BCUT2D eigenvalue weighted by atomic mass is 9.98. The summed E-state index contributed by atoms with van der Waals surface area (Å²) in [7, 11) is 0. The van der Waals surface area contributed by atoms with Gasteiger partial charge in [0.25, 0.3) is 5.91 Å². The van der Waals surface area contributed by atoms with Crippen LogP contribution in [0.15, 0.2) is 78.9 Å². The second-order valence-corrected chi connectivity index (χ2v) is 6.95. The van der Waals surface area contributed by atoms with Crippen molar-refractivity contribution in [3.8, 4) is 0 Å². The molecule has 0 aliphatic heterocycles. The van der Waals surface area contributed by atoms with E-state index in [9.17, 15) is 9.59 Å². The van der Waals surface area contributed by atoms with Gasteiger partial charge in [0.2, 0.25) is 5.91 Å². The minimum absolute atomic E-state index is 0.114. The lowest BCUT2D eigenvalue weighted by Gasteiger charge is -2.20. The molecule has 3 aromatic rings. The molecule has 3 rings (SSSR count). The van der Waals surface area contributed by atoms with Crippen LogP contribution in [0.1, 0.15) is 33.1 Å². The highest BCUT2D eigenvalue weighted by molar-refractivity contribution is 6.30. The number of carbonyl (C=O) groups excluding carboxylic acids is 2. The zero-order valence-electron chi connectivity index (χ0n) is 15.5. The average Bonchev–Trinajstić information content (AvgIpc) is 2.72. The third-order valence-electron chi connectivity index (χ3n) is 4.36. The number of rotatable bonds is 6. The van der Waals surface area contributed by atoms with Crippen molar-refractivity contribution in [3.63, 3.8) is 0 Å². The first-order chi connectivity index (χ1) is 13.5. The molecule has 0 heterocycles. The summed E-state index contributed by atoms with van der Waals surface area (Å²) in [5, 5.41) is 6.21. The summed E-state index contributed by atoms with van der Waals surface area (Å²) in [4.78, 5) is 24.7. The fourth-order valence-electron chi connectivity index (χ4n) is 2.84. The molecule has 5 heteroatoms. The van der Waals surface area contributed by atoms with Gasteiger partial charge in [-0.25, -0.2) is 0 Å². The standard InChI is InChI=1S/C23H21ClN2O2/c1-16-7-9-18(10-8-16)22(17-5-3-2-4-6-17)26-21(27)15-25-23(28)19-11-13-20(24)14-12-19/h2-14,22H,15H2,1H3,(H,25,28)(H,26,27). The third-order valence-corrected chi connectivity index (χ3v) is 4.62. The first-order valence-electron chi connectivity index (χ1n) is 8.97. The van der Waals surface area contributed by atoms with E-state index in [0.717, 1.165) is 16.7 Å². The summed E-state index contributed by atoms with van der Waals surface area (Å²) < 4.78 is 0. The van der Waals surface area contributed by atoms with Crippen LogP contribution in [0.5, 0.6) is 0 Å². The number of hydrogen-bond acceptors (Lipinski definition) is 2. The Hall–Kier alpha value is -3.11. The Labute approximate surface area is 169 Å². The fourth-order valence-corrected chi connectivity index (χ4v) is 2.97. The van der Waals surface area contributed by atoms with E-state index in [1.807, 2.05) is 61.5 Å². The van der Waals surface area contributed by atoms with Gasteiger partial charge in [-0.05, 0) is 42.3 Å². The lowest BCUT2D eigenvalue weighted by molar-refractivity contribution is -0.120. The predicted octanol–water partition coefficient (Wildman–Crippen LogP) is 4.28. The number of halogens is 1. The van der Waals surface area contributed by atoms with Gasteiger partial charge in [-0.3, -0.25) is 9.59 Å². The van der Waals surface area contributed by atoms with Crippen LogP contribution in [0.2, 0.25) is 5.02 Å². The molecule has 0 aliphatic rings. The zero-order chi connectivity index (χ0) is 19.9. The highest BCUT2D eigenvalue weighted by Gasteiger charge is 2.17. The third kappa shape index (κ3) is 5.21. The Morgan fingerprint density at radius 2 is 1.46 bits per heavy atom. The molecular formula is C23H21ClN2O2. The topological polar surface area (TPSA) is 58.2 Å². The van der Waals surface area contributed by atoms with Gasteiger partial charge in [-0.1, -0.05) is 71.8 Å². The van der Waals surface area contributed by atoms with Crippen LogP contribution in [-0.2, 0) is 4.79 Å². The first-order valence-corrected chi connectivity index (χ1v) is 9.35. The van der Waals surface area contributed by atoms with E-state index in [1.54, 1.807) is 24.3 Å². The summed E-state index contributed by atoms with van der Waals surface area (Å²) in [5.74, 6) is -0.588. The zero-order valence-corrected chi connectivity index (χ0v) is 16.2. The van der Waals surface area contributed by atoms with Crippen molar-refractivity contribution >= 4 is 23.4 Å². The summed E-state index contributed by atoms with van der Waals surface area (Å²) in [6, 6.07) is 24.0. The Balaban J connectivity index is 1.68. The SMILES string of the molecule is Cc1ccc(C(NC(=O)CNC(=O)c2ccc(Cl)cc2)c2ccccc2)cc1. The van der Waals surface area contributed by atoms with Crippen molar-refractivity contribution in [2.75, 3.05) is 6.54 Å². The van der Waals surface area contributed by atoms with E-state index >= 15 is 0 Å². The maximum atomic E-state index is 12.5. The van der Waals surface area contributed by atoms with Crippen LogP contribution in [0.25, 0.3) is 0 Å². The Morgan fingerprint density at radius 1 is 0.857 bits per heavy atom. The van der Waals surface area contributed by atoms with Gasteiger partial charge in [0.15, 0.2) is 0 Å². The number of aryl methyl sites for hydroxylation is 1. The van der Waals surface area contributed by atoms with E-state index in [4.69, 9.17) is 11.6 Å². The molecule has 0 saturated heterocycles. The molecule has 1 atom stereocenters. The predicted molar refractivity (Wildman–Crippen MR) is 111 cm³/mol. The van der Waals surface area contributed by atoms with E-state index in [-0.39, 0.29) is 24.4 Å². The van der Waals surface area contributed by atoms with Gasteiger partial charge < -0.3 is 10.6 Å². The molecule has 2 amide bonds. The van der Waals surface area contributed by atoms with Crippen LogP contribution in [0.3, 0.4) is 0 Å². The fraction of sp³-hybridized carbons (Fsp3) is 0.130. The molecule has 0 spiro atoms. The molecule has 3 aromatic carbocycles. The minimum atomic E-state index is -0.321. The Bertz CT molecular complexity index is 939. The van der Waals surface area contributed by atoms with Gasteiger partial charge in [0.1, 0.15) is 0 Å². The van der Waals surface area contributed by atoms with Gasteiger partial charge in [0.05, 0.1) is 12.6 Å². The number of benzene rings is 3. The molecule has 2 N–H and O–H groups in total. The number of nitrogens with one attached hydrogen (secondary N) is 2. The Morgan fingerprint density at radius 3 is 2.11 bits per heavy atom. The van der Waals surface area contributed by atoms with Crippen molar-refractivity contribution in [1.29, 1.82) is 0 Å². The highest BCUT2D eigenvalue weighted by Crippen LogP contribution is 2.22. The maximum absolute atomic E-state index is 12.5. The molecule has 1 unspecified atom stereocenters. The van der Waals surface area contributed by atoms with Crippen LogP contribution in [0, 0.1) is 6.92 Å². The van der Waals surface area contributed by atoms with Crippen molar-refractivity contribution < 1.29 is 9.59 Å². The summed E-state index contributed by atoms with van der Waals surface area (Å²) >= 11 is 5.83. The van der Waals surface area contributed by atoms with Crippen LogP contribution in [0.4, 0.5) is 0 Å². The molecule has 0 fully saturated rings. The minimum Gasteiger partial charge on any atom is -0.344 e. The van der Waals surface area contributed by atoms with Crippen LogP contribution in [-0.4, -0.2) is 18.4 Å². The van der Waals surface area contributed by atoms with Gasteiger partial charge in [-0.15, -0.1) is 0 Å². The molecule has 0 aromatic heterocycles. The first kappa shape index (κ1) is 19.6. The molecule has 4 nitrogen and oxygen atoms in total. The van der Waals surface area contributed by atoms with Crippen molar-refractivity contribution in [3.05, 3.63) is 106 Å². The van der Waals surface area contributed by atoms with Gasteiger partial charge in [0, 0.05) is 10.6 Å². The summed E-state index contributed by atoms with van der Waals surface area (Å²) in [6.45, 7) is 1.91. The van der Waals surface area contributed by atoms with E-state index in [2.05, 4.69) is 10.6 Å². The summed E-state index contributed by atoms with van der Waals surface area (Å²) in [6.07, 6.45) is 0. The second kappa shape index (κ2) is 9.20. The van der Waals surface area contributed by atoms with Gasteiger partial charge in [-0.2, -0.15) is 0 Å². The summed E-state index contributed by atoms with van der Waals surface area (Å²) in [5.41, 5.74) is 3.56. The molecule has 142 valence electrons. The second-order valence-electron chi connectivity index (χ2n) is 6.51. The maximum Gasteiger partial charge on any atom is 0.251 e. The van der Waals surface area contributed by atoms with Crippen molar-refractivity contribution in [2.24, 2.45) is 0 Å². The van der Waals surface area contributed by atoms with E-state index < -0.39 is 0 Å². The monoisotopic (exact) mass is 392 g/mol. The van der Waals surface area contributed by atoms with Crippen molar-refractivity contribution in [1.82, 2.24) is 10.6 Å². The van der Waals surface area contributed by atoms with E-state index in [0.29, 0.717) is 10.6 Å². The number of carbonyl (C=O) groups is 2. The largest absolute Gasteiger partial charge is 0.344 e. The van der Waals surface area contributed by atoms with Gasteiger partial charge >= 0.3 is 0 Å². The smallest absolute Gasteiger partial charge is 0.251 e. The normalized spacial score (nSPS) is 11.5. The molecular weight excluding hydrogens is 372 g/mol. The Kier molecular flexibility index (Phi) is 6.45. The number of hydrogen-bond donors (Lipinski definition) is 2.